The van der Waals surface area contributed by atoms with Gasteiger partial charge < -0.3 is 20.3 Å². The van der Waals surface area contributed by atoms with Crippen LogP contribution in [0.15, 0.2) is 24.3 Å². The van der Waals surface area contributed by atoms with Crippen LogP contribution >= 0.6 is 0 Å². The Kier molecular flexibility index (Phi) is 7.80. The Morgan fingerprint density at radius 2 is 1.76 bits per heavy atom. The van der Waals surface area contributed by atoms with E-state index in [0.717, 1.165) is 56.8 Å². The number of benzene rings is 1. The van der Waals surface area contributed by atoms with Crippen molar-refractivity contribution in [2.24, 2.45) is 5.92 Å². The fourth-order valence-corrected chi connectivity index (χ4v) is 4.99. The standard InChI is InChI=1S/C25H34F3N5O/c1-33(2)23-20-8-4-5-9-21(20)31-24(32-23)30-19-13-11-17(12-14-19)15-29-16-18-7-3-6-10-22(18)34-25(26,27)28/h3,6-7,10,17,19,29H,4-5,8-9,11-16H2,1-2H3,(H,30,31,32). The molecular formula is C25H34F3N5O. The summed E-state index contributed by atoms with van der Waals surface area (Å²) < 4.78 is 42.0. The molecule has 186 valence electrons. The molecular weight excluding hydrogens is 443 g/mol. The number of ether oxygens (including phenoxy) is 1. The molecule has 6 nitrogen and oxygen atoms in total. The molecule has 1 aromatic heterocycles. The SMILES string of the molecule is CN(C)c1nc(NC2CCC(CNCc3ccccc3OC(F)(F)F)CC2)nc2c1CCCC2. The smallest absolute Gasteiger partial charge is 0.405 e. The third-order valence-corrected chi connectivity index (χ3v) is 6.71. The van der Waals surface area contributed by atoms with Gasteiger partial charge in [0.1, 0.15) is 11.6 Å². The molecule has 0 saturated heterocycles. The van der Waals surface area contributed by atoms with E-state index in [1.54, 1.807) is 18.2 Å². The van der Waals surface area contributed by atoms with Gasteiger partial charge >= 0.3 is 6.36 Å². The molecule has 4 rings (SSSR count). The lowest BCUT2D eigenvalue weighted by atomic mass is 9.86. The van der Waals surface area contributed by atoms with E-state index in [1.165, 1.54) is 30.2 Å². The second-order valence-corrected chi connectivity index (χ2v) is 9.55. The van der Waals surface area contributed by atoms with Crippen molar-refractivity contribution in [3.05, 3.63) is 41.1 Å². The van der Waals surface area contributed by atoms with Gasteiger partial charge in [-0.15, -0.1) is 13.2 Å². The third kappa shape index (κ3) is 6.52. The lowest BCUT2D eigenvalue weighted by Gasteiger charge is -2.30. The van der Waals surface area contributed by atoms with Crippen molar-refractivity contribution in [3.8, 4) is 5.75 Å². The van der Waals surface area contributed by atoms with E-state index >= 15 is 0 Å². The van der Waals surface area contributed by atoms with Gasteiger partial charge in [-0.1, -0.05) is 18.2 Å². The molecule has 1 saturated carbocycles. The van der Waals surface area contributed by atoms with E-state index in [9.17, 15) is 13.2 Å². The van der Waals surface area contributed by atoms with Gasteiger partial charge in [-0.05, 0) is 69.9 Å². The highest BCUT2D eigenvalue weighted by atomic mass is 19.4. The Balaban J connectivity index is 1.26. The quantitative estimate of drug-likeness (QED) is 0.553. The summed E-state index contributed by atoms with van der Waals surface area (Å²) in [6.45, 7) is 1.12. The van der Waals surface area contributed by atoms with Crippen LogP contribution in [0.2, 0.25) is 0 Å². The van der Waals surface area contributed by atoms with Crippen LogP contribution in [0.1, 0.15) is 55.3 Å². The van der Waals surface area contributed by atoms with E-state index in [-0.39, 0.29) is 5.75 Å². The van der Waals surface area contributed by atoms with Crippen LogP contribution in [0.25, 0.3) is 0 Å². The number of rotatable bonds is 8. The zero-order valence-corrected chi connectivity index (χ0v) is 19.9. The van der Waals surface area contributed by atoms with Crippen LogP contribution < -0.4 is 20.3 Å². The van der Waals surface area contributed by atoms with E-state index in [2.05, 4.69) is 20.3 Å². The van der Waals surface area contributed by atoms with Crippen molar-refractivity contribution in [3.63, 3.8) is 0 Å². The number of halogens is 3. The maximum atomic E-state index is 12.6. The number of aryl methyl sites for hydroxylation is 1. The van der Waals surface area contributed by atoms with Crippen molar-refractivity contribution in [2.45, 2.75) is 70.3 Å². The molecule has 2 aliphatic rings. The van der Waals surface area contributed by atoms with Gasteiger partial charge in [-0.3, -0.25) is 0 Å². The highest BCUT2D eigenvalue weighted by Crippen LogP contribution is 2.31. The predicted molar refractivity (Wildman–Crippen MR) is 127 cm³/mol. The van der Waals surface area contributed by atoms with E-state index < -0.39 is 6.36 Å². The number of aromatic nitrogens is 2. The van der Waals surface area contributed by atoms with Gasteiger partial charge in [0.15, 0.2) is 0 Å². The Hall–Kier alpha value is -2.55. The molecule has 0 atom stereocenters. The summed E-state index contributed by atoms with van der Waals surface area (Å²) in [6, 6.07) is 6.63. The number of alkyl halides is 3. The van der Waals surface area contributed by atoms with E-state index in [0.29, 0.717) is 24.1 Å². The van der Waals surface area contributed by atoms with Crippen LogP contribution in [0.5, 0.6) is 5.75 Å². The summed E-state index contributed by atoms with van der Waals surface area (Å²) in [5.41, 5.74) is 2.98. The average molecular weight is 478 g/mol. The zero-order valence-electron chi connectivity index (χ0n) is 19.9. The summed E-state index contributed by atoms with van der Waals surface area (Å²) in [6.07, 6.45) is 3.92. The highest BCUT2D eigenvalue weighted by molar-refractivity contribution is 5.52. The molecule has 34 heavy (non-hydrogen) atoms. The minimum Gasteiger partial charge on any atom is -0.405 e. The van der Waals surface area contributed by atoms with Crippen molar-refractivity contribution in [2.75, 3.05) is 30.9 Å². The number of anilines is 2. The highest BCUT2D eigenvalue weighted by Gasteiger charge is 2.32. The van der Waals surface area contributed by atoms with Gasteiger partial charge in [-0.25, -0.2) is 4.98 Å². The molecule has 0 bridgehead atoms. The largest absolute Gasteiger partial charge is 0.573 e. The molecule has 0 aliphatic heterocycles. The minimum absolute atomic E-state index is 0.141. The van der Waals surface area contributed by atoms with Crippen molar-refractivity contribution < 1.29 is 17.9 Å². The maximum Gasteiger partial charge on any atom is 0.573 e. The number of hydrogen-bond acceptors (Lipinski definition) is 6. The first-order chi connectivity index (χ1) is 16.3. The predicted octanol–water partition coefficient (Wildman–Crippen LogP) is 5.08. The topological polar surface area (TPSA) is 62.3 Å². The van der Waals surface area contributed by atoms with Crippen LogP contribution in [0, 0.1) is 5.92 Å². The first kappa shape index (κ1) is 24.6. The summed E-state index contributed by atoms with van der Waals surface area (Å²) in [5.74, 6) is 2.11. The molecule has 0 unspecified atom stereocenters. The van der Waals surface area contributed by atoms with E-state index in [1.807, 2.05) is 14.1 Å². The second kappa shape index (κ2) is 10.8. The molecule has 2 aliphatic carbocycles. The summed E-state index contributed by atoms with van der Waals surface area (Å²) >= 11 is 0. The molecule has 0 spiro atoms. The number of para-hydroxylation sites is 1. The van der Waals surface area contributed by atoms with Crippen LogP contribution in [-0.2, 0) is 19.4 Å². The van der Waals surface area contributed by atoms with Crippen LogP contribution in [-0.4, -0.2) is 43.0 Å². The Bertz CT molecular complexity index is 958. The first-order valence-corrected chi connectivity index (χ1v) is 12.2. The molecule has 0 amide bonds. The normalized spacial score (nSPS) is 20.5. The maximum absolute atomic E-state index is 12.6. The van der Waals surface area contributed by atoms with Crippen molar-refractivity contribution >= 4 is 11.8 Å². The molecule has 2 aromatic rings. The Labute approximate surface area is 199 Å². The molecule has 1 heterocycles. The van der Waals surface area contributed by atoms with Gasteiger partial charge in [0, 0.05) is 37.8 Å². The monoisotopic (exact) mass is 477 g/mol. The van der Waals surface area contributed by atoms with Crippen molar-refractivity contribution in [1.82, 2.24) is 15.3 Å². The fraction of sp³-hybridized carbons (Fsp3) is 0.600. The molecule has 1 fully saturated rings. The lowest BCUT2D eigenvalue weighted by molar-refractivity contribution is -0.274. The Morgan fingerprint density at radius 3 is 2.50 bits per heavy atom. The van der Waals surface area contributed by atoms with Crippen molar-refractivity contribution in [1.29, 1.82) is 0 Å². The molecule has 1 aromatic carbocycles. The van der Waals surface area contributed by atoms with Crippen LogP contribution in [0.4, 0.5) is 24.9 Å². The molecule has 9 heteroatoms. The summed E-state index contributed by atoms with van der Waals surface area (Å²) in [7, 11) is 4.07. The fourth-order valence-electron chi connectivity index (χ4n) is 4.99. The van der Waals surface area contributed by atoms with E-state index in [4.69, 9.17) is 9.97 Å². The number of hydrogen-bond donors (Lipinski definition) is 2. The van der Waals surface area contributed by atoms with Gasteiger partial charge in [0.2, 0.25) is 5.95 Å². The zero-order chi connectivity index (χ0) is 24.1. The molecule has 2 N–H and O–H groups in total. The lowest BCUT2D eigenvalue weighted by Crippen LogP contribution is -2.32. The van der Waals surface area contributed by atoms with Gasteiger partial charge in [0.05, 0.1) is 5.69 Å². The summed E-state index contributed by atoms with van der Waals surface area (Å²) in [5, 5.41) is 6.88. The average Bonchev–Trinajstić information content (AvgIpc) is 2.80. The first-order valence-electron chi connectivity index (χ1n) is 12.2. The van der Waals surface area contributed by atoms with Gasteiger partial charge in [-0.2, -0.15) is 4.98 Å². The second-order valence-electron chi connectivity index (χ2n) is 9.55. The van der Waals surface area contributed by atoms with Gasteiger partial charge in [0.25, 0.3) is 0 Å². The minimum atomic E-state index is -4.68. The summed E-state index contributed by atoms with van der Waals surface area (Å²) in [4.78, 5) is 11.7. The number of nitrogens with zero attached hydrogens (tertiary/aromatic N) is 3. The number of fused-ring (bicyclic) bond motifs is 1. The molecule has 0 radical (unpaired) electrons. The third-order valence-electron chi connectivity index (χ3n) is 6.71. The number of nitrogens with one attached hydrogen (secondary N) is 2. The Morgan fingerprint density at radius 1 is 1.03 bits per heavy atom. The van der Waals surface area contributed by atoms with Crippen LogP contribution in [0.3, 0.4) is 0 Å².